The van der Waals surface area contributed by atoms with E-state index in [0.29, 0.717) is 11.7 Å². The third-order valence-corrected chi connectivity index (χ3v) is 5.20. The summed E-state index contributed by atoms with van der Waals surface area (Å²) in [6, 6.07) is 13.9. The predicted octanol–water partition coefficient (Wildman–Crippen LogP) is 2.54. The molecule has 0 amide bonds. The van der Waals surface area contributed by atoms with Gasteiger partial charge in [-0.3, -0.25) is 9.97 Å². The summed E-state index contributed by atoms with van der Waals surface area (Å²) in [5.41, 5.74) is 4.11. The van der Waals surface area contributed by atoms with E-state index in [1.807, 2.05) is 41.4 Å². The summed E-state index contributed by atoms with van der Waals surface area (Å²) < 4.78 is 2.19. The van der Waals surface area contributed by atoms with Crippen molar-refractivity contribution in [2.75, 3.05) is 13.2 Å². The van der Waals surface area contributed by atoms with Crippen molar-refractivity contribution in [3.63, 3.8) is 0 Å². The van der Waals surface area contributed by atoms with Crippen molar-refractivity contribution in [3.05, 3.63) is 78.1 Å². The number of aryl methyl sites for hydroxylation is 1. The number of nitrogens with one attached hydrogen (secondary N) is 1. The van der Waals surface area contributed by atoms with Crippen LogP contribution in [0.2, 0.25) is 0 Å². The molecule has 3 aromatic heterocycles. The number of aliphatic hydroxyl groups excluding tert-OH is 1. The number of rotatable bonds is 5. The lowest BCUT2D eigenvalue weighted by Crippen LogP contribution is -2.33. The van der Waals surface area contributed by atoms with Gasteiger partial charge in [-0.1, -0.05) is 6.07 Å². The maximum atomic E-state index is 9.60. The topological polar surface area (TPSA) is 66.2 Å². The summed E-state index contributed by atoms with van der Waals surface area (Å²) in [5.74, 6) is 0. The molecule has 0 aromatic carbocycles. The van der Waals surface area contributed by atoms with Crippen LogP contribution in [-0.2, 0) is 0 Å². The molecular formula is C20H21N5OS. The second-order valence-corrected chi connectivity index (χ2v) is 6.88. The second kappa shape index (κ2) is 7.46. The summed E-state index contributed by atoms with van der Waals surface area (Å²) in [6.45, 7) is 2.56. The lowest BCUT2D eigenvalue weighted by Gasteiger charge is -2.28. The van der Waals surface area contributed by atoms with Gasteiger partial charge in [-0.15, -0.1) is 0 Å². The van der Waals surface area contributed by atoms with Gasteiger partial charge in [-0.25, -0.2) is 0 Å². The Morgan fingerprint density at radius 1 is 1.15 bits per heavy atom. The number of aliphatic hydroxyl groups is 1. The molecule has 4 heterocycles. The molecule has 1 fully saturated rings. The van der Waals surface area contributed by atoms with Crippen molar-refractivity contribution in [1.82, 2.24) is 24.8 Å². The van der Waals surface area contributed by atoms with Crippen LogP contribution >= 0.6 is 12.2 Å². The summed E-state index contributed by atoms with van der Waals surface area (Å²) in [4.78, 5) is 10.8. The van der Waals surface area contributed by atoms with E-state index in [-0.39, 0.29) is 18.7 Å². The average molecular weight is 379 g/mol. The Balaban J connectivity index is 1.85. The normalized spacial score (nSPS) is 19.3. The zero-order valence-corrected chi connectivity index (χ0v) is 15.8. The molecule has 4 rings (SSSR count). The van der Waals surface area contributed by atoms with Crippen molar-refractivity contribution in [1.29, 1.82) is 0 Å². The van der Waals surface area contributed by atoms with Crippen LogP contribution in [0.25, 0.3) is 5.69 Å². The molecule has 2 atom stereocenters. The summed E-state index contributed by atoms with van der Waals surface area (Å²) in [7, 11) is 0. The van der Waals surface area contributed by atoms with Crippen LogP contribution < -0.4 is 5.32 Å². The third-order valence-electron chi connectivity index (χ3n) is 4.85. The maximum absolute atomic E-state index is 9.60. The quantitative estimate of drug-likeness (QED) is 0.664. The van der Waals surface area contributed by atoms with Crippen molar-refractivity contribution < 1.29 is 5.11 Å². The van der Waals surface area contributed by atoms with Gasteiger partial charge in [0.15, 0.2) is 5.11 Å². The summed E-state index contributed by atoms with van der Waals surface area (Å²) in [5, 5.41) is 13.6. The minimum absolute atomic E-state index is 0.0276. The van der Waals surface area contributed by atoms with E-state index in [4.69, 9.17) is 12.2 Å². The van der Waals surface area contributed by atoms with Gasteiger partial charge in [0.05, 0.1) is 36.3 Å². The van der Waals surface area contributed by atoms with Crippen molar-refractivity contribution in [2.24, 2.45) is 0 Å². The summed E-state index contributed by atoms with van der Waals surface area (Å²) >= 11 is 5.58. The molecule has 1 aliphatic rings. The smallest absolute Gasteiger partial charge is 0.170 e. The largest absolute Gasteiger partial charge is 0.395 e. The minimum atomic E-state index is -0.102. The fourth-order valence-electron chi connectivity index (χ4n) is 3.70. The number of β-amino-alcohol motifs (C(OH)–C–C–N with tert-alkyl or cyclic N) is 1. The first-order valence-electron chi connectivity index (χ1n) is 8.88. The zero-order chi connectivity index (χ0) is 18.8. The van der Waals surface area contributed by atoms with Gasteiger partial charge >= 0.3 is 0 Å². The van der Waals surface area contributed by atoms with Crippen LogP contribution in [0, 0.1) is 6.92 Å². The van der Waals surface area contributed by atoms with E-state index in [0.717, 1.165) is 22.8 Å². The molecule has 138 valence electrons. The fourth-order valence-corrected chi connectivity index (χ4v) is 4.04. The van der Waals surface area contributed by atoms with Gasteiger partial charge < -0.3 is 19.9 Å². The van der Waals surface area contributed by atoms with E-state index in [1.54, 1.807) is 12.4 Å². The third kappa shape index (κ3) is 3.20. The number of pyridine rings is 2. The average Bonchev–Trinajstić information content (AvgIpc) is 3.23. The first kappa shape index (κ1) is 17.6. The minimum Gasteiger partial charge on any atom is -0.395 e. The molecule has 0 aliphatic carbocycles. The first-order valence-corrected chi connectivity index (χ1v) is 9.29. The monoisotopic (exact) mass is 379 g/mol. The Hall–Kier alpha value is -2.77. The van der Waals surface area contributed by atoms with Gasteiger partial charge in [0.1, 0.15) is 0 Å². The zero-order valence-electron chi connectivity index (χ0n) is 15.0. The Bertz CT molecular complexity index is 928. The van der Waals surface area contributed by atoms with Gasteiger partial charge in [-0.05, 0) is 55.5 Å². The standard InChI is InChI=1S/C20H21N5OS/c1-14-7-8-17(25(14)15-5-4-9-21-13-15)19-18(16-6-2-3-10-22-16)23-20(27)24(19)11-12-26/h2-10,13,18-19,26H,11-12H2,1H3,(H,23,27)/t18-,19+/m0/s1. The molecule has 0 unspecified atom stereocenters. The van der Waals surface area contributed by atoms with Gasteiger partial charge in [0.25, 0.3) is 0 Å². The first-order chi connectivity index (χ1) is 13.2. The summed E-state index contributed by atoms with van der Waals surface area (Å²) in [6.07, 6.45) is 5.41. The Morgan fingerprint density at radius 3 is 2.74 bits per heavy atom. The predicted molar refractivity (Wildman–Crippen MR) is 108 cm³/mol. The lowest BCUT2D eigenvalue weighted by molar-refractivity contribution is 0.220. The number of nitrogens with zero attached hydrogens (tertiary/aromatic N) is 4. The molecule has 0 spiro atoms. The molecule has 1 aliphatic heterocycles. The number of hydrogen-bond donors (Lipinski definition) is 2. The number of thiocarbonyl (C=S) groups is 1. The molecule has 0 bridgehead atoms. The molecule has 27 heavy (non-hydrogen) atoms. The number of aromatic nitrogens is 3. The molecule has 1 saturated heterocycles. The highest BCUT2D eigenvalue weighted by atomic mass is 32.1. The van der Waals surface area contributed by atoms with Crippen LogP contribution in [0.1, 0.15) is 29.2 Å². The highest BCUT2D eigenvalue weighted by Gasteiger charge is 2.41. The van der Waals surface area contributed by atoms with E-state index < -0.39 is 0 Å². The van der Waals surface area contributed by atoms with Gasteiger partial charge in [-0.2, -0.15) is 0 Å². The molecule has 6 nitrogen and oxygen atoms in total. The van der Waals surface area contributed by atoms with Crippen LogP contribution in [-0.4, -0.2) is 42.8 Å². The van der Waals surface area contributed by atoms with E-state index in [1.165, 1.54) is 0 Å². The maximum Gasteiger partial charge on any atom is 0.170 e. The Kier molecular flexibility index (Phi) is 4.87. The molecule has 0 radical (unpaired) electrons. The van der Waals surface area contributed by atoms with E-state index >= 15 is 0 Å². The van der Waals surface area contributed by atoms with E-state index in [2.05, 4.69) is 38.9 Å². The Labute approximate surface area is 163 Å². The molecule has 0 saturated carbocycles. The van der Waals surface area contributed by atoms with Crippen molar-refractivity contribution in [3.8, 4) is 5.69 Å². The molecule has 2 N–H and O–H groups in total. The number of hydrogen-bond acceptors (Lipinski definition) is 4. The van der Waals surface area contributed by atoms with Crippen LogP contribution in [0.15, 0.2) is 61.1 Å². The molecular weight excluding hydrogens is 358 g/mol. The molecule has 3 aromatic rings. The highest BCUT2D eigenvalue weighted by molar-refractivity contribution is 7.80. The Morgan fingerprint density at radius 2 is 2.04 bits per heavy atom. The fraction of sp³-hybridized carbons (Fsp3) is 0.250. The van der Waals surface area contributed by atoms with Gasteiger partial charge in [0, 0.05) is 30.3 Å². The van der Waals surface area contributed by atoms with Crippen LogP contribution in [0.3, 0.4) is 0 Å². The van der Waals surface area contributed by atoms with Gasteiger partial charge in [0.2, 0.25) is 0 Å². The van der Waals surface area contributed by atoms with Crippen LogP contribution in [0.4, 0.5) is 0 Å². The van der Waals surface area contributed by atoms with Crippen molar-refractivity contribution >= 4 is 17.3 Å². The molecule has 7 heteroatoms. The second-order valence-electron chi connectivity index (χ2n) is 6.49. The van der Waals surface area contributed by atoms with Crippen LogP contribution in [0.5, 0.6) is 0 Å². The lowest BCUT2D eigenvalue weighted by atomic mass is 10.0. The highest BCUT2D eigenvalue weighted by Crippen LogP contribution is 2.39. The SMILES string of the molecule is Cc1ccc([C@@H]2[C@H](c3ccccn3)NC(=S)N2CCO)n1-c1cccnc1. The van der Waals surface area contributed by atoms with Crippen molar-refractivity contribution in [2.45, 2.75) is 19.0 Å². The van der Waals surface area contributed by atoms with E-state index in [9.17, 15) is 5.11 Å².